The summed E-state index contributed by atoms with van der Waals surface area (Å²) in [4.78, 5) is 3.96. The molecule has 0 fully saturated rings. The van der Waals surface area contributed by atoms with Crippen molar-refractivity contribution in [3.05, 3.63) is 35.4 Å². The van der Waals surface area contributed by atoms with E-state index in [1.54, 1.807) is 45.4 Å². The molecule has 3 aromatic rings. The molecule has 10 nitrogen and oxygen atoms in total. The molecule has 1 aromatic heterocycles. The molecule has 170 valence electrons. The van der Waals surface area contributed by atoms with Crippen LogP contribution in [0.15, 0.2) is 24.3 Å². The number of benzene rings is 2. The second kappa shape index (κ2) is 9.31. The molecule has 2 aromatic carbocycles. The third kappa shape index (κ3) is 4.26. The molecule has 32 heavy (non-hydrogen) atoms. The van der Waals surface area contributed by atoms with Gasteiger partial charge in [-0.1, -0.05) is 0 Å². The molecule has 1 aliphatic rings. The second-order valence-corrected chi connectivity index (χ2v) is 7.51. The maximum Gasteiger partial charge on any atom is 0.207 e. The molecule has 4 rings (SSSR count). The SMILES string of the molecule is COc1cc(N)c(-c2nnn(CCN3CCc4cc(OC)c(OC)cc4C3)n2)cc1OC. The van der Waals surface area contributed by atoms with Crippen molar-refractivity contribution in [1.82, 2.24) is 25.1 Å². The number of methoxy groups -OCH3 is 4. The first-order valence-corrected chi connectivity index (χ1v) is 10.3. The van der Waals surface area contributed by atoms with Crippen molar-refractivity contribution in [2.24, 2.45) is 0 Å². The Morgan fingerprint density at radius 2 is 1.47 bits per heavy atom. The van der Waals surface area contributed by atoms with Crippen LogP contribution in [0.2, 0.25) is 0 Å². The molecule has 10 heteroatoms. The zero-order valence-electron chi connectivity index (χ0n) is 18.8. The van der Waals surface area contributed by atoms with E-state index in [2.05, 4.69) is 32.4 Å². The van der Waals surface area contributed by atoms with Crippen molar-refractivity contribution in [2.45, 2.75) is 19.5 Å². The van der Waals surface area contributed by atoms with Gasteiger partial charge in [-0.15, -0.1) is 10.2 Å². The second-order valence-electron chi connectivity index (χ2n) is 7.51. The smallest absolute Gasteiger partial charge is 0.207 e. The molecule has 0 saturated carbocycles. The number of ether oxygens (including phenoxy) is 4. The molecule has 0 radical (unpaired) electrons. The Hall–Kier alpha value is -3.53. The van der Waals surface area contributed by atoms with Crippen LogP contribution in [-0.4, -0.2) is 66.6 Å². The van der Waals surface area contributed by atoms with Crippen LogP contribution in [0.4, 0.5) is 5.69 Å². The van der Waals surface area contributed by atoms with Crippen molar-refractivity contribution in [3.8, 4) is 34.4 Å². The third-order valence-corrected chi connectivity index (χ3v) is 5.66. The van der Waals surface area contributed by atoms with Gasteiger partial charge in [0.15, 0.2) is 23.0 Å². The maximum absolute atomic E-state index is 6.16. The highest BCUT2D eigenvalue weighted by Gasteiger charge is 2.20. The number of anilines is 1. The molecule has 2 N–H and O–H groups in total. The molecule has 0 saturated heterocycles. The van der Waals surface area contributed by atoms with Crippen molar-refractivity contribution in [3.63, 3.8) is 0 Å². The molecule has 0 atom stereocenters. The first-order valence-electron chi connectivity index (χ1n) is 10.3. The molecule has 0 bridgehead atoms. The van der Waals surface area contributed by atoms with Gasteiger partial charge >= 0.3 is 0 Å². The summed E-state index contributed by atoms with van der Waals surface area (Å²) in [6.07, 6.45) is 0.952. The Bertz CT molecular complexity index is 1100. The van der Waals surface area contributed by atoms with Crippen LogP contribution in [0.5, 0.6) is 23.0 Å². The zero-order chi connectivity index (χ0) is 22.7. The number of rotatable bonds is 8. The van der Waals surface area contributed by atoms with Crippen molar-refractivity contribution >= 4 is 5.69 Å². The van der Waals surface area contributed by atoms with Crippen LogP contribution in [0, 0.1) is 0 Å². The Labute approximate surface area is 186 Å². The Morgan fingerprint density at radius 3 is 2.16 bits per heavy atom. The highest BCUT2D eigenvalue weighted by molar-refractivity contribution is 5.75. The number of aromatic nitrogens is 4. The lowest BCUT2D eigenvalue weighted by Gasteiger charge is -2.29. The summed E-state index contributed by atoms with van der Waals surface area (Å²) in [5.41, 5.74) is 9.86. The monoisotopic (exact) mass is 440 g/mol. The van der Waals surface area contributed by atoms with E-state index in [9.17, 15) is 0 Å². The van der Waals surface area contributed by atoms with Gasteiger partial charge in [0.25, 0.3) is 0 Å². The number of nitrogens with zero attached hydrogens (tertiary/aromatic N) is 5. The summed E-state index contributed by atoms with van der Waals surface area (Å²) >= 11 is 0. The Morgan fingerprint density at radius 1 is 0.844 bits per heavy atom. The lowest BCUT2D eigenvalue weighted by molar-refractivity contribution is 0.233. The first-order chi connectivity index (χ1) is 15.6. The van der Waals surface area contributed by atoms with Crippen LogP contribution in [0.25, 0.3) is 11.4 Å². The van der Waals surface area contributed by atoms with Gasteiger partial charge in [0, 0.05) is 37.0 Å². The van der Waals surface area contributed by atoms with Gasteiger partial charge < -0.3 is 24.7 Å². The minimum atomic E-state index is 0.448. The van der Waals surface area contributed by atoms with Crippen LogP contribution in [-0.2, 0) is 19.5 Å². The molecular formula is C22H28N6O4. The summed E-state index contributed by atoms with van der Waals surface area (Å²) in [6, 6.07) is 7.60. The van der Waals surface area contributed by atoms with Gasteiger partial charge in [-0.05, 0) is 41.0 Å². The summed E-state index contributed by atoms with van der Waals surface area (Å²) in [5.74, 6) is 3.09. The highest BCUT2D eigenvalue weighted by Crippen LogP contribution is 2.36. The Balaban J connectivity index is 1.43. The van der Waals surface area contributed by atoms with E-state index in [1.165, 1.54) is 11.1 Å². The minimum absolute atomic E-state index is 0.448. The zero-order valence-corrected chi connectivity index (χ0v) is 18.8. The van der Waals surface area contributed by atoms with Crippen LogP contribution in [0.1, 0.15) is 11.1 Å². The third-order valence-electron chi connectivity index (χ3n) is 5.66. The lowest BCUT2D eigenvalue weighted by Crippen LogP contribution is -2.33. The number of nitrogens with two attached hydrogens (primary N) is 1. The van der Waals surface area contributed by atoms with Crippen LogP contribution in [0.3, 0.4) is 0 Å². The average molecular weight is 441 g/mol. The van der Waals surface area contributed by atoms with E-state index >= 15 is 0 Å². The number of nitrogen functional groups attached to an aromatic ring is 1. The van der Waals surface area contributed by atoms with Gasteiger partial charge in [-0.25, -0.2) is 0 Å². The van der Waals surface area contributed by atoms with Gasteiger partial charge in [0.05, 0.1) is 35.0 Å². The van der Waals surface area contributed by atoms with Gasteiger partial charge in [0.2, 0.25) is 5.82 Å². The van der Waals surface area contributed by atoms with Gasteiger partial charge in [-0.3, -0.25) is 4.90 Å². The van der Waals surface area contributed by atoms with Crippen LogP contribution >= 0.6 is 0 Å². The molecule has 2 heterocycles. The van der Waals surface area contributed by atoms with E-state index in [1.807, 2.05) is 0 Å². The van der Waals surface area contributed by atoms with E-state index in [4.69, 9.17) is 24.7 Å². The molecule has 0 amide bonds. The molecule has 0 unspecified atom stereocenters. The maximum atomic E-state index is 6.16. The fourth-order valence-electron chi connectivity index (χ4n) is 3.90. The summed E-state index contributed by atoms with van der Waals surface area (Å²) in [6.45, 7) is 3.19. The fraction of sp³-hybridized carbons (Fsp3) is 0.409. The molecule has 1 aliphatic heterocycles. The van der Waals surface area contributed by atoms with E-state index in [0.717, 1.165) is 37.6 Å². The predicted octanol–water partition coefficient (Wildman–Crippen LogP) is 2.01. The topological polar surface area (TPSA) is 110 Å². The number of hydrogen-bond donors (Lipinski definition) is 1. The van der Waals surface area contributed by atoms with Gasteiger partial charge in [0.1, 0.15) is 0 Å². The van der Waals surface area contributed by atoms with E-state index in [-0.39, 0.29) is 0 Å². The minimum Gasteiger partial charge on any atom is -0.493 e. The summed E-state index contributed by atoms with van der Waals surface area (Å²) < 4.78 is 21.5. The summed E-state index contributed by atoms with van der Waals surface area (Å²) in [5, 5.41) is 12.9. The van der Waals surface area contributed by atoms with E-state index < -0.39 is 0 Å². The summed E-state index contributed by atoms with van der Waals surface area (Å²) in [7, 11) is 6.46. The van der Waals surface area contributed by atoms with Crippen molar-refractivity contribution in [2.75, 3.05) is 47.3 Å². The molecule has 0 spiro atoms. The molecule has 0 aliphatic carbocycles. The Kier molecular flexibility index (Phi) is 6.31. The fourth-order valence-corrected chi connectivity index (χ4v) is 3.90. The standard InChI is InChI=1S/C22H28N6O4/c1-29-18-9-14-5-6-27(13-15(14)10-19(18)30-2)7-8-28-25-22(24-26-28)16-11-20(31-3)21(32-4)12-17(16)23/h9-12H,5-8,13,23H2,1-4H3. The average Bonchev–Trinajstić information content (AvgIpc) is 3.30. The predicted molar refractivity (Wildman–Crippen MR) is 119 cm³/mol. The van der Waals surface area contributed by atoms with Crippen molar-refractivity contribution in [1.29, 1.82) is 0 Å². The van der Waals surface area contributed by atoms with E-state index in [0.29, 0.717) is 35.1 Å². The quantitative estimate of drug-likeness (QED) is 0.526. The number of fused-ring (bicyclic) bond motifs is 1. The van der Waals surface area contributed by atoms with Crippen molar-refractivity contribution < 1.29 is 18.9 Å². The van der Waals surface area contributed by atoms with Crippen LogP contribution < -0.4 is 24.7 Å². The highest BCUT2D eigenvalue weighted by atomic mass is 16.5. The number of tetrazole rings is 1. The van der Waals surface area contributed by atoms with Gasteiger partial charge in [-0.2, -0.15) is 4.80 Å². The first kappa shape index (κ1) is 21.7. The lowest BCUT2D eigenvalue weighted by atomic mass is 9.99. The normalized spacial score (nSPS) is 13.5. The molecular weight excluding hydrogens is 412 g/mol. The number of hydrogen-bond acceptors (Lipinski definition) is 9. The largest absolute Gasteiger partial charge is 0.493 e.